The van der Waals surface area contributed by atoms with Gasteiger partial charge in [-0.15, -0.1) is 0 Å². The lowest BCUT2D eigenvalue weighted by atomic mass is 9.98. The predicted molar refractivity (Wildman–Crippen MR) is 118 cm³/mol. The normalized spacial score (nSPS) is 12.1. The van der Waals surface area contributed by atoms with Crippen molar-refractivity contribution in [2.75, 3.05) is 7.11 Å². The minimum atomic E-state index is -0.504. The third kappa shape index (κ3) is 3.47. The molecule has 0 fully saturated rings. The van der Waals surface area contributed by atoms with Crippen molar-refractivity contribution in [3.63, 3.8) is 0 Å². The van der Waals surface area contributed by atoms with Gasteiger partial charge in [-0.05, 0) is 60.4 Å². The third-order valence-electron chi connectivity index (χ3n) is 5.52. The van der Waals surface area contributed by atoms with E-state index in [2.05, 4.69) is 13.8 Å². The van der Waals surface area contributed by atoms with E-state index in [4.69, 9.17) is 9.72 Å². The molecule has 0 saturated carbocycles. The topological polar surface area (TPSA) is 44.1 Å². The molecule has 30 heavy (non-hydrogen) atoms. The molecule has 0 radical (unpaired) electrons. The van der Waals surface area contributed by atoms with Gasteiger partial charge in [0.25, 0.3) is 5.56 Å². The van der Waals surface area contributed by atoms with E-state index in [0.29, 0.717) is 33.9 Å². The molecule has 0 unspecified atom stereocenters. The summed E-state index contributed by atoms with van der Waals surface area (Å²) in [5.41, 5.74) is 2.78. The molecule has 5 heteroatoms. The lowest BCUT2D eigenvalue weighted by molar-refractivity contribution is 0.386. The molecule has 0 spiro atoms. The highest BCUT2D eigenvalue weighted by molar-refractivity contribution is 5.80. The highest BCUT2D eigenvalue weighted by atomic mass is 19.1. The van der Waals surface area contributed by atoms with Crippen molar-refractivity contribution < 1.29 is 9.13 Å². The fraction of sp³-hybridized carbons (Fsp3) is 0.200. The number of ether oxygens (including phenoxy) is 1. The van der Waals surface area contributed by atoms with Crippen LogP contribution in [0.1, 0.15) is 31.7 Å². The molecule has 4 rings (SSSR count). The first-order valence-corrected chi connectivity index (χ1v) is 9.99. The zero-order valence-corrected chi connectivity index (χ0v) is 17.2. The Labute approximate surface area is 174 Å². The van der Waals surface area contributed by atoms with Gasteiger partial charge in [0.1, 0.15) is 5.82 Å². The number of para-hydroxylation sites is 1. The fourth-order valence-corrected chi connectivity index (χ4v) is 3.56. The van der Waals surface area contributed by atoms with Crippen LogP contribution in [-0.4, -0.2) is 16.7 Å². The number of aromatic nitrogens is 2. The number of rotatable bonds is 5. The zero-order valence-electron chi connectivity index (χ0n) is 17.2. The molecule has 0 aliphatic carbocycles. The van der Waals surface area contributed by atoms with Gasteiger partial charge in [0, 0.05) is 5.56 Å². The SMILES string of the molecule is CC[C@@H](C)c1ccc(-n2c(-c3ccc(OC)c(F)c3)nc3ccccc3c2=O)cc1. The Bertz CT molecular complexity index is 1260. The molecule has 0 amide bonds. The smallest absolute Gasteiger partial charge is 0.266 e. The molecule has 0 N–H and O–H groups in total. The number of nitrogens with zero attached hydrogens (tertiary/aromatic N) is 2. The molecule has 3 aromatic carbocycles. The molecule has 1 heterocycles. The van der Waals surface area contributed by atoms with Crippen LogP contribution < -0.4 is 10.3 Å². The largest absolute Gasteiger partial charge is 0.494 e. The Kier molecular flexibility index (Phi) is 5.36. The Morgan fingerprint density at radius 1 is 1.07 bits per heavy atom. The van der Waals surface area contributed by atoms with Crippen LogP contribution in [0.3, 0.4) is 0 Å². The van der Waals surface area contributed by atoms with Gasteiger partial charge in [-0.1, -0.05) is 38.1 Å². The van der Waals surface area contributed by atoms with Crippen molar-refractivity contribution in [1.29, 1.82) is 0 Å². The second kappa shape index (κ2) is 8.11. The lowest BCUT2D eigenvalue weighted by Gasteiger charge is -2.16. The van der Waals surface area contributed by atoms with Crippen LogP contribution in [-0.2, 0) is 0 Å². The van der Waals surface area contributed by atoms with Crippen LogP contribution in [0, 0.1) is 5.82 Å². The average molecular weight is 402 g/mol. The van der Waals surface area contributed by atoms with Crippen LogP contribution >= 0.6 is 0 Å². The molecule has 1 atom stereocenters. The molecule has 152 valence electrons. The Hall–Kier alpha value is -3.47. The molecule has 4 aromatic rings. The summed E-state index contributed by atoms with van der Waals surface area (Å²) in [6.45, 7) is 4.32. The van der Waals surface area contributed by atoms with Crippen molar-refractivity contribution in [3.05, 3.63) is 88.5 Å². The van der Waals surface area contributed by atoms with E-state index in [9.17, 15) is 9.18 Å². The van der Waals surface area contributed by atoms with Gasteiger partial charge in [-0.25, -0.2) is 9.37 Å². The van der Waals surface area contributed by atoms with Gasteiger partial charge in [-0.3, -0.25) is 9.36 Å². The summed E-state index contributed by atoms with van der Waals surface area (Å²) < 4.78 is 21.0. The van der Waals surface area contributed by atoms with E-state index in [1.807, 2.05) is 36.4 Å². The summed E-state index contributed by atoms with van der Waals surface area (Å²) in [4.78, 5) is 18.1. The van der Waals surface area contributed by atoms with Gasteiger partial charge in [0.2, 0.25) is 0 Å². The van der Waals surface area contributed by atoms with Crippen molar-refractivity contribution in [1.82, 2.24) is 9.55 Å². The molecule has 0 aliphatic rings. The molecule has 1 aromatic heterocycles. The monoisotopic (exact) mass is 402 g/mol. The molecule has 0 bridgehead atoms. The van der Waals surface area contributed by atoms with Crippen LogP contribution in [0.15, 0.2) is 71.5 Å². The van der Waals surface area contributed by atoms with Gasteiger partial charge < -0.3 is 4.74 Å². The molecule has 4 nitrogen and oxygen atoms in total. The van der Waals surface area contributed by atoms with E-state index in [1.165, 1.54) is 18.7 Å². The number of benzene rings is 3. The summed E-state index contributed by atoms with van der Waals surface area (Å²) in [5, 5.41) is 0.515. The highest BCUT2D eigenvalue weighted by Crippen LogP contribution is 2.27. The van der Waals surface area contributed by atoms with Crippen molar-refractivity contribution in [3.8, 4) is 22.8 Å². The molecular weight excluding hydrogens is 379 g/mol. The van der Waals surface area contributed by atoms with E-state index in [0.717, 1.165) is 6.42 Å². The minimum absolute atomic E-state index is 0.145. The number of methoxy groups -OCH3 is 1. The maximum atomic E-state index is 14.4. The first-order chi connectivity index (χ1) is 14.5. The summed E-state index contributed by atoms with van der Waals surface area (Å²) in [7, 11) is 1.42. The lowest BCUT2D eigenvalue weighted by Crippen LogP contribution is -2.22. The predicted octanol–water partition coefficient (Wildman–Crippen LogP) is 5.71. The first kappa shape index (κ1) is 19.8. The second-order valence-corrected chi connectivity index (χ2v) is 7.34. The van der Waals surface area contributed by atoms with Crippen LogP contribution in [0.25, 0.3) is 28.0 Å². The minimum Gasteiger partial charge on any atom is -0.494 e. The Morgan fingerprint density at radius 3 is 2.47 bits per heavy atom. The van der Waals surface area contributed by atoms with Gasteiger partial charge in [0.05, 0.1) is 23.7 Å². The summed E-state index contributed by atoms with van der Waals surface area (Å²) in [6.07, 6.45) is 1.03. The van der Waals surface area contributed by atoms with Crippen molar-refractivity contribution in [2.45, 2.75) is 26.2 Å². The van der Waals surface area contributed by atoms with Gasteiger partial charge in [0.15, 0.2) is 11.6 Å². The van der Waals surface area contributed by atoms with E-state index in [-0.39, 0.29) is 11.3 Å². The third-order valence-corrected chi connectivity index (χ3v) is 5.52. The summed E-state index contributed by atoms with van der Waals surface area (Å²) in [5.74, 6) is 0.458. The second-order valence-electron chi connectivity index (χ2n) is 7.34. The van der Waals surface area contributed by atoms with Crippen LogP contribution in [0.4, 0.5) is 4.39 Å². The van der Waals surface area contributed by atoms with Crippen molar-refractivity contribution >= 4 is 10.9 Å². The number of hydrogen-bond donors (Lipinski definition) is 0. The maximum Gasteiger partial charge on any atom is 0.266 e. The zero-order chi connectivity index (χ0) is 21.3. The van der Waals surface area contributed by atoms with Gasteiger partial charge >= 0.3 is 0 Å². The first-order valence-electron chi connectivity index (χ1n) is 9.99. The van der Waals surface area contributed by atoms with Gasteiger partial charge in [-0.2, -0.15) is 0 Å². The Balaban J connectivity index is 1.98. The highest BCUT2D eigenvalue weighted by Gasteiger charge is 2.16. The molecule has 0 aliphatic heterocycles. The molecular formula is C25H23FN2O2. The average Bonchev–Trinajstić information content (AvgIpc) is 2.78. The summed E-state index contributed by atoms with van der Waals surface area (Å²) in [6, 6.07) is 19.7. The number of fused-ring (bicyclic) bond motifs is 1. The quantitative estimate of drug-likeness (QED) is 0.429. The van der Waals surface area contributed by atoms with Crippen LogP contribution in [0.5, 0.6) is 5.75 Å². The number of hydrogen-bond acceptors (Lipinski definition) is 3. The standard InChI is InChI=1S/C25H23FN2O2/c1-4-16(2)17-9-12-19(13-10-17)28-24(18-11-14-23(30-3)21(26)15-18)27-22-8-6-5-7-20(22)25(28)29/h5-16H,4H2,1-3H3/t16-/m1/s1. The summed E-state index contributed by atoms with van der Waals surface area (Å²) >= 11 is 0. The Morgan fingerprint density at radius 2 is 1.80 bits per heavy atom. The molecule has 0 saturated heterocycles. The van der Waals surface area contributed by atoms with E-state index >= 15 is 0 Å². The fourth-order valence-electron chi connectivity index (χ4n) is 3.56. The number of halogens is 1. The van der Waals surface area contributed by atoms with Crippen molar-refractivity contribution in [2.24, 2.45) is 0 Å². The maximum absolute atomic E-state index is 14.4. The van der Waals surface area contributed by atoms with Crippen LogP contribution in [0.2, 0.25) is 0 Å². The van der Waals surface area contributed by atoms with E-state index < -0.39 is 5.82 Å². The van der Waals surface area contributed by atoms with E-state index in [1.54, 1.807) is 28.8 Å².